The fraction of sp³-hybridized carbons (Fsp3) is 0.148. The Balaban J connectivity index is 1.54. The number of thioether (sulfide) groups is 1. The highest BCUT2D eigenvalue weighted by molar-refractivity contribution is 8.26. The highest BCUT2D eigenvalue weighted by atomic mass is 32.2. The standard InChI is InChI=1S/C27H23NO4S2/c1-18-11-13-19(14-12-18)17-32-22-10-6-7-20(15-22)16-23-25(29)28(27(33)34-23)24(26(30)31-2)21-8-4-3-5-9-21/h3-16,24H,17H2,1-2H3/b23-16+. The van der Waals surface area contributed by atoms with Gasteiger partial charge in [-0.05, 0) is 41.8 Å². The van der Waals surface area contributed by atoms with Crippen molar-refractivity contribution in [3.63, 3.8) is 0 Å². The summed E-state index contributed by atoms with van der Waals surface area (Å²) < 4.78 is 11.2. The van der Waals surface area contributed by atoms with E-state index in [1.54, 1.807) is 30.3 Å². The third kappa shape index (κ3) is 5.38. The van der Waals surface area contributed by atoms with Crippen LogP contribution >= 0.6 is 24.0 Å². The molecule has 1 aliphatic heterocycles. The lowest BCUT2D eigenvalue weighted by atomic mass is 10.1. The maximum atomic E-state index is 13.3. The summed E-state index contributed by atoms with van der Waals surface area (Å²) >= 11 is 6.64. The number of benzene rings is 3. The van der Waals surface area contributed by atoms with Gasteiger partial charge in [0.25, 0.3) is 5.91 Å². The Hall–Kier alpha value is -3.42. The minimum Gasteiger partial charge on any atom is -0.489 e. The fourth-order valence-corrected chi connectivity index (χ4v) is 4.85. The van der Waals surface area contributed by atoms with Crippen molar-refractivity contribution in [1.29, 1.82) is 0 Å². The van der Waals surface area contributed by atoms with Crippen molar-refractivity contribution in [3.8, 4) is 5.75 Å². The molecule has 1 saturated heterocycles. The number of hydrogen-bond acceptors (Lipinski definition) is 6. The molecule has 0 aliphatic carbocycles. The first kappa shape index (κ1) is 23.7. The number of carbonyl (C=O) groups is 2. The van der Waals surface area contributed by atoms with Gasteiger partial charge in [0, 0.05) is 0 Å². The van der Waals surface area contributed by atoms with E-state index in [1.165, 1.54) is 29.3 Å². The van der Waals surface area contributed by atoms with Crippen LogP contribution in [0.3, 0.4) is 0 Å². The van der Waals surface area contributed by atoms with Crippen molar-refractivity contribution < 1.29 is 19.1 Å². The summed E-state index contributed by atoms with van der Waals surface area (Å²) in [5, 5.41) is 0. The molecule has 0 N–H and O–H groups in total. The van der Waals surface area contributed by atoms with E-state index in [0.717, 1.165) is 11.1 Å². The number of esters is 1. The molecule has 5 nitrogen and oxygen atoms in total. The summed E-state index contributed by atoms with van der Waals surface area (Å²) in [5.74, 6) is -0.183. The first-order valence-electron chi connectivity index (χ1n) is 10.6. The molecular weight excluding hydrogens is 466 g/mol. The van der Waals surface area contributed by atoms with E-state index in [0.29, 0.717) is 27.1 Å². The molecule has 3 aromatic carbocycles. The zero-order chi connectivity index (χ0) is 24.1. The number of aryl methyl sites for hydroxylation is 1. The zero-order valence-corrected chi connectivity index (χ0v) is 20.4. The predicted molar refractivity (Wildman–Crippen MR) is 138 cm³/mol. The van der Waals surface area contributed by atoms with E-state index in [9.17, 15) is 9.59 Å². The van der Waals surface area contributed by atoms with Crippen molar-refractivity contribution in [2.75, 3.05) is 7.11 Å². The Labute approximate surface area is 208 Å². The Bertz CT molecular complexity index is 1240. The summed E-state index contributed by atoms with van der Waals surface area (Å²) in [4.78, 5) is 27.6. The fourth-order valence-electron chi connectivity index (χ4n) is 3.54. The van der Waals surface area contributed by atoms with Crippen LogP contribution in [-0.4, -0.2) is 28.2 Å². The Kier molecular flexibility index (Phi) is 7.45. The van der Waals surface area contributed by atoms with Gasteiger partial charge in [-0.25, -0.2) is 4.79 Å². The molecular formula is C27H23NO4S2. The van der Waals surface area contributed by atoms with Crippen molar-refractivity contribution in [3.05, 3.63) is 106 Å². The van der Waals surface area contributed by atoms with Gasteiger partial charge in [0.05, 0.1) is 12.0 Å². The van der Waals surface area contributed by atoms with Crippen LogP contribution in [0.15, 0.2) is 83.8 Å². The van der Waals surface area contributed by atoms with Gasteiger partial charge in [-0.2, -0.15) is 0 Å². The number of ether oxygens (including phenoxy) is 2. The van der Waals surface area contributed by atoms with E-state index in [4.69, 9.17) is 21.7 Å². The largest absolute Gasteiger partial charge is 0.489 e. The summed E-state index contributed by atoms with van der Waals surface area (Å²) in [7, 11) is 1.30. The molecule has 3 aromatic rings. The molecule has 1 atom stereocenters. The number of nitrogens with zero attached hydrogens (tertiary/aromatic N) is 1. The van der Waals surface area contributed by atoms with E-state index < -0.39 is 12.0 Å². The summed E-state index contributed by atoms with van der Waals surface area (Å²) in [5.41, 5.74) is 3.71. The van der Waals surface area contributed by atoms with Crippen LogP contribution < -0.4 is 4.74 Å². The molecule has 7 heteroatoms. The Morgan fingerprint density at radius 1 is 1.06 bits per heavy atom. The molecule has 1 heterocycles. The zero-order valence-electron chi connectivity index (χ0n) is 18.8. The molecule has 0 radical (unpaired) electrons. The third-order valence-electron chi connectivity index (χ3n) is 5.30. The van der Waals surface area contributed by atoms with Crippen LogP contribution in [0.5, 0.6) is 5.75 Å². The molecule has 1 aliphatic rings. The van der Waals surface area contributed by atoms with E-state index >= 15 is 0 Å². The van der Waals surface area contributed by atoms with Crippen molar-refractivity contribution in [2.24, 2.45) is 0 Å². The van der Waals surface area contributed by atoms with Gasteiger partial charge in [0.15, 0.2) is 6.04 Å². The first-order chi connectivity index (χ1) is 16.5. The predicted octanol–water partition coefficient (Wildman–Crippen LogP) is 5.69. The second kappa shape index (κ2) is 10.7. The maximum Gasteiger partial charge on any atom is 0.333 e. The number of hydrogen-bond donors (Lipinski definition) is 0. The maximum absolute atomic E-state index is 13.3. The Morgan fingerprint density at radius 2 is 1.79 bits per heavy atom. The Morgan fingerprint density at radius 3 is 2.50 bits per heavy atom. The molecule has 1 amide bonds. The lowest BCUT2D eigenvalue weighted by molar-refractivity contribution is -0.148. The molecule has 0 saturated carbocycles. The smallest absolute Gasteiger partial charge is 0.333 e. The molecule has 1 unspecified atom stereocenters. The van der Waals surface area contributed by atoms with E-state index in [2.05, 4.69) is 0 Å². The normalized spacial score (nSPS) is 15.5. The van der Waals surface area contributed by atoms with Crippen molar-refractivity contribution >= 4 is 46.3 Å². The number of amides is 1. The molecule has 1 fully saturated rings. The lowest BCUT2D eigenvalue weighted by Crippen LogP contribution is -2.37. The van der Waals surface area contributed by atoms with Crippen LogP contribution in [0.25, 0.3) is 6.08 Å². The molecule has 0 aromatic heterocycles. The number of methoxy groups -OCH3 is 1. The first-order valence-corrected chi connectivity index (χ1v) is 11.9. The average molecular weight is 490 g/mol. The van der Waals surface area contributed by atoms with Crippen LogP contribution in [0, 0.1) is 6.92 Å². The SMILES string of the molecule is COC(=O)C(c1ccccc1)N1C(=O)/C(=C\c2cccc(OCc3ccc(C)cc3)c2)SC1=S. The van der Waals surface area contributed by atoms with Gasteiger partial charge in [-0.1, -0.05) is 96.3 Å². The second-order valence-corrected chi connectivity index (χ2v) is 9.41. The molecule has 34 heavy (non-hydrogen) atoms. The van der Waals surface area contributed by atoms with Gasteiger partial charge in [-0.3, -0.25) is 9.69 Å². The van der Waals surface area contributed by atoms with Crippen molar-refractivity contribution in [1.82, 2.24) is 4.90 Å². The topological polar surface area (TPSA) is 55.8 Å². The highest BCUT2D eigenvalue weighted by Crippen LogP contribution is 2.39. The van der Waals surface area contributed by atoms with E-state index in [1.807, 2.05) is 61.5 Å². The van der Waals surface area contributed by atoms with Gasteiger partial charge in [-0.15, -0.1) is 0 Å². The quantitative estimate of drug-likeness (QED) is 0.241. The molecule has 0 bridgehead atoms. The summed E-state index contributed by atoms with van der Waals surface area (Å²) in [6.45, 7) is 2.49. The van der Waals surface area contributed by atoms with Gasteiger partial charge in [0.2, 0.25) is 0 Å². The molecule has 172 valence electrons. The second-order valence-electron chi connectivity index (χ2n) is 7.73. The van der Waals surface area contributed by atoms with E-state index in [-0.39, 0.29) is 5.91 Å². The van der Waals surface area contributed by atoms with Crippen LogP contribution in [0.1, 0.15) is 28.3 Å². The summed E-state index contributed by atoms with van der Waals surface area (Å²) in [6.07, 6.45) is 1.76. The van der Waals surface area contributed by atoms with Crippen LogP contribution in [0.4, 0.5) is 0 Å². The van der Waals surface area contributed by atoms with Gasteiger partial charge < -0.3 is 9.47 Å². The minimum absolute atomic E-state index is 0.308. The van der Waals surface area contributed by atoms with Gasteiger partial charge >= 0.3 is 5.97 Å². The highest BCUT2D eigenvalue weighted by Gasteiger charge is 2.41. The molecule has 4 rings (SSSR count). The third-order valence-corrected chi connectivity index (χ3v) is 6.63. The van der Waals surface area contributed by atoms with Crippen molar-refractivity contribution in [2.45, 2.75) is 19.6 Å². The monoisotopic (exact) mass is 489 g/mol. The minimum atomic E-state index is -0.936. The molecule has 0 spiro atoms. The number of thiocarbonyl (C=S) groups is 1. The van der Waals surface area contributed by atoms with Crippen LogP contribution in [-0.2, 0) is 20.9 Å². The summed E-state index contributed by atoms with van der Waals surface area (Å²) in [6, 6.07) is 23.8. The van der Waals surface area contributed by atoms with Gasteiger partial charge in [0.1, 0.15) is 16.7 Å². The number of carbonyl (C=O) groups excluding carboxylic acids is 2. The number of rotatable bonds is 7. The lowest BCUT2D eigenvalue weighted by Gasteiger charge is -2.24. The van der Waals surface area contributed by atoms with Crippen LogP contribution in [0.2, 0.25) is 0 Å². The average Bonchev–Trinajstić information content (AvgIpc) is 3.12.